The predicted molar refractivity (Wildman–Crippen MR) is 67.0 cm³/mol. The van der Waals surface area contributed by atoms with Gasteiger partial charge in [-0.15, -0.1) is 0 Å². The second-order valence-corrected chi connectivity index (χ2v) is 4.52. The van der Waals surface area contributed by atoms with Crippen molar-refractivity contribution in [3.63, 3.8) is 0 Å². The van der Waals surface area contributed by atoms with Gasteiger partial charge in [-0.25, -0.2) is 0 Å². The van der Waals surface area contributed by atoms with Crippen molar-refractivity contribution in [3.05, 3.63) is 12.2 Å². The van der Waals surface area contributed by atoms with Crippen molar-refractivity contribution < 1.29 is 4.79 Å². The van der Waals surface area contributed by atoms with Crippen LogP contribution in [0.1, 0.15) is 45.4 Å². The smallest absolute Gasteiger partial charge is 0.222 e. The van der Waals surface area contributed by atoms with E-state index in [1.807, 2.05) is 0 Å². The molecule has 16 heavy (non-hydrogen) atoms. The van der Waals surface area contributed by atoms with Crippen molar-refractivity contribution in [1.82, 2.24) is 5.32 Å². The number of nitrogens with one attached hydrogen (secondary N) is 1. The van der Waals surface area contributed by atoms with Gasteiger partial charge in [0.2, 0.25) is 5.91 Å². The fourth-order valence-electron chi connectivity index (χ4n) is 2.35. The minimum atomic E-state index is -0.138. The summed E-state index contributed by atoms with van der Waals surface area (Å²) in [5.41, 5.74) is 5.42. The molecule has 3 nitrogen and oxygen atoms in total. The van der Waals surface area contributed by atoms with Gasteiger partial charge >= 0.3 is 0 Å². The Kier molecular flexibility index (Phi) is 6.16. The standard InChI is InChI=1S/C13H24N2O/c1-2-3-4-7-10-15-12-9-6-5-8-11(12)13(14)16/h3-4,11-12,15H,2,5-10H2,1H3,(H2,14,16)/b4-3+/t11-,12+/m0/s1. The van der Waals surface area contributed by atoms with Crippen LogP contribution >= 0.6 is 0 Å². The van der Waals surface area contributed by atoms with Gasteiger partial charge in [-0.3, -0.25) is 4.79 Å². The molecule has 0 aromatic carbocycles. The molecule has 0 aliphatic heterocycles. The third kappa shape index (κ3) is 4.35. The summed E-state index contributed by atoms with van der Waals surface area (Å²) in [6.07, 6.45) is 10.9. The second kappa shape index (κ2) is 7.44. The Balaban J connectivity index is 2.27. The molecule has 0 aromatic heterocycles. The van der Waals surface area contributed by atoms with Crippen LogP contribution in [0.3, 0.4) is 0 Å². The van der Waals surface area contributed by atoms with Crippen LogP contribution in [-0.2, 0) is 4.79 Å². The lowest BCUT2D eigenvalue weighted by atomic mass is 9.84. The molecule has 0 radical (unpaired) electrons. The number of carbonyl (C=O) groups is 1. The lowest BCUT2D eigenvalue weighted by Crippen LogP contribution is -2.44. The lowest BCUT2D eigenvalue weighted by molar-refractivity contribution is -0.123. The minimum absolute atomic E-state index is 0.0453. The average molecular weight is 224 g/mol. The monoisotopic (exact) mass is 224 g/mol. The molecule has 3 heteroatoms. The van der Waals surface area contributed by atoms with Gasteiger partial charge in [0.25, 0.3) is 0 Å². The van der Waals surface area contributed by atoms with E-state index in [1.54, 1.807) is 0 Å². The maximum atomic E-state index is 11.3. The first-order valence-corrected chi connectivity index (χ1v) is 6.43. The van der Waals surface area contributed by atoms with Gasteiger partial charge in [0.15, 0.2) is 0 Å². The summed E-state index contributed by atoms with van der Waals surface area (Å²) in [6, 6.07) is 0.307. The van der Waals surface area contributed by atoms with E-state index in [0.29, 0.717) is 6.04 Å². The maximum absolute atomic E-state index is 11.3. The van der Waals surface area contributed by atoms with Crippen LogP contribution in [0.15, 0.2) is 12.2 Å². The molecule has 1 fully saturated rings. The quantitative estimate of drug-likeness (QED) is 0.535. The van der Waals surface area contributed by atoms with Gasteiger partial charge in [0, 0.05) is 6.04 Å². The van der Waals surface area contributed by atoms with E-state index in [1.165, 1.54) is 6.42 Å². The predicted octanol–water partition coefficient (Wildman–Crippen LogP) is 1.98. The SMILES string of the molecule is CC/C=C/CCN[C@@H]1CCCC[C@@H]1C(N)=O. The highest BCUT2D eigenvalue weighted by atomic mass is 16.1. The Labute approximate surface area is 98.5 Å². The van der Waals surface area contributed by atoms with Crippen LogP contribution in [-0.4, -0.2) is 18.5 Å². The molecule has 0 aromatic rings. The summed E-state index contributed by atoms with van der Waals surface area (Å²) in [5, 5.41) is 3.46. The molecule has 1 rings (SSSR count). The highest BCUT2D eigenvalue weighted by molar-refractivity contribution is 5.77. The van der Waals surface area contributed by atoms with Crippen molar-refractivity contribution in [3.8, 4) is 0 Å². The highest BCUT2D eigenvalue weighted by Crippen LogP contribution is 2.23. The Bertz CT molecular complexity index is 238. The van der Waals surface area contributed by atoms with E-state index >= 15 is 0 Å². The van der Waals surface area contributed by atoms with E-state index in [4.69, 9.17) is 5.73 Å². The van der Waals surface area contributed by atoms with Crippen LogP contribution in [0, 0.1) is 5.92 Å². The van der Waals surface area contributed by atoms with Crippen LogP contribution in [0.2, 0.25) is 0 Å². The molecule has 1 amide bonds. The number of carbonyl (C=O) groups excluding carboxylic acids is 1. The largest absolute Gasteiger partial charge is 0.369 e. The molecule has 1 aliphatic rings. The zero-order chi connectivity index (χ0) is 11.8. The van der Waals surface area contributed by atoms with E-state index in [2.05, 4.69) is 24.4 Å². The average Bonchev–Trinajstić information content (AvgIpc) is 2.29. The zero-order valence-electron chi connectivity index (χ0n) is 10.2. The molecule has 2 atom stereocenters. The fraction of sp³-hybridized carbons (Fsp3) is 0.769. The van der Waals surface area contributed by atoms with E-state index < -0.39 is 0 Å². The summed E-state index contributed by atoms with van der Waals surface area (Å²) in [4.78, 5) is 11.3. The van der Waals surface area contributed by atoms with Crippen LogP contribution in [0.25, 0.3) is 0 Å². The Hall–Kier alpha value is -0.830. The molecular formula is C13H24N2O. The summed E-state index contributed by atoms with van der Waals surface area (Å²) >= 11 is 0. The highest BCUT2D eigenvalue weighted by Gasteiger charge is 2.28. The van der Waals surface area contributed by atoms with Crippen molar-refractivity contribution in [2.24, 2.45) is 11.7 Å². The van der Waals surface area contributed by atoms with E-state index in [9.17, 15) is 4.79 Å². The normalized spacial score (nSPS) is 26.1. The molecule has 0 heterocycles. The van der Waals surface area contributed by atoms with Crippen LogP contribution in [0.4, 0.5) is 0 Å². The van der Waals surface area contributed by atoms with Gasteiger partial charge in [0.1, 0.15) is 0 Å². The summed E-state index contributed by atoms with van der Waals surface area (Å²) in [7, 11) is 0. The number of hydrogen-bond acceptors (Lipinski definition) is 2. The Morgan fingerprint density at radius 3 is 2.81 bits per heavy atom. The summed E-state index contributed by atoms with van der Waals surface area (Å²) in [6.45, 7) is 3.08. The van der Waals surface area contributed by atoms with Crippen molar-refractivity contribution in [1.29, 1.82) is 0 Å². The van der Waals surface area contributed by atoms with Gasteiger partial charge in [-0.1, -0.05) is 31.9 Å². The van der Waals surface area contributed by atoms with E-state index in [0.717, 1.165) is 38.6 Å². The first-order valence-electron chi connectivity index (χ1n) is 6.43. The third-order valence-electron chi connectivity index (χ3n) is 3.25. The van der Waals surface area contributed by atoms with Gasteiger partial charge in [-0.05, 0) is 32.2 Å². The first-order chi connectivity index (χ1) is 7.75. The van der Waals surface area contributed by atoms with Gasteiger partial charge < -0.3 is 11.1 Å². The van der Waals surface area contributed by atoms with Crippen molar-refractivity contribution in [2.75, 3.05) is 6.54 Å². The maximum Gasteiger partial charge on any atom is 0.222 e. The van der Waals surface area contributed by atoms with Gasteiger partial charge in [0.05, 0.1) is 5.92 Å². The lowest BCUT2D eigenvalue weighted by Gasteiger charge is -2.30. The molecule has 3 N–H and O–H groups in total. The molecule has 1 aliphatic carbocycles. The second-order valence-electron chi connectivity index (χ2n) is 4.52. The molecular weight excluding hydrogens is 200 g/mol. The molecule has 0 spiro atoms. The van der Waals surface area contributed by atoms with Crippen LogP contribution in [0.5, 0.6) is 0 Å². The summed E-state index contributed by atoms with van der Waals surface area (Å²) < 4.78 is 0. The van der Waals surface area contributed by atoms with Gasteiger partial charge in [-0.2, -0.15) is 0 Å². The topological polar surface area (TPSA) is 55.1 Å². The Morgan fingerprint density at radius 2 is 2.12 bits per heavy atom. The Morgan fingerprint density at radius 1 is 1.38 bits per heavy atom. The molecule has 0 unspecified atom stereocenters. The number of hydrogen-bond donors (Lipinski definition) is 2. The van der Waals surface area contributed by atoms with Crippen LogP contribution < -0.4 is 11.1 Å². The number of rotatable bonds is 6. The summed E-state index contributed by atoms with van der Waals surface area (Å²) in [5.74, 6) is -0.0924. The van der Waals surface area contributed by atoms with Crippen molar-refractivity contribution >= 4 is 5.91 Å². The number of amides is 1. The molecule has 1 saturated carbocycles. The fourth-order valence-corrected chi connectivity index (χ4v) is 2.35. The number of nitrogens with two attached hydrogens (primary N) is 1. The molecule has 0 saturated heterocycles. The number of primary amides is 1. The molecule has 92 valence electrons. The van der Waals surface area contributed by atoms with E-state index in [-0.39, 0.29) is 11.8 Å². The minimum Gasteiger partial charge on any atom is -0.369 e. The van der Waals surface area contributed by atoms with Crippen molar-refractivity contribution in [2.45, 2.75) is 51.5 Å². The number of allylic oxidation sites excluding steroid dienone is 1. The first kappa shape index (κ1) is 13.2. The molecule has 0 bridgehead atoms. The zero-order valence-corrected chi connectivity index (χ0v) is 10.2. The third-order valence-corrected chi connectivity index (χ3v) is 3.25.